The van der Waals surface area contributed by atoms with Gasteiger partial charge in [0.1, 0.15) is 0 Å². The molecule has 0 heterocycles. The van der Waals surface area contributed by atoms with Gasteiger partial charge in [-0.15, -0.1) is 0 Å². The van der Waals surface area contributed by atoms with E-state index >= 15 is 0 Å². The van der Waals surface area contributed by atoms with Crippen molar-refractivity contribution in [2.45, 2.75) is 125 Å². The zero-order chi connectivity index (χ0) is 23.2. The van der Waals surface area contributed by atoms with E-state index in [1.807, 2.05) is 0 Å². The number of hydrogen-bond acceptors (Lipinski definition) is 1. The van der Waals surface area contributed by atoms with E-state index in [1.54, 1.807) is 0 Å². The van der Waals surface area contributed by atoms with Gasteiger partial charge in [-0.05, 0) is 0 Å². The molecule has 0 radical (unpaired) electrons. The van der Waals surface area contributed by atoms with E-state index in [1.165, 1.54) is 22.4 Å². The van der Waals surface area contributed by atoms with E-state index < -0.39 is 8.24 Å². The molecule has 1 rings (SSSR count). The first-order chi connectivity index (χ1) is 12.6. The molecule has 166 valence electrons. The molecule has 0 atom stereocenters. The number of hydrogen-bond donors (Lipinski definition) is 0. The molecule has 0 bridgehead atoms. The second kappa shape index (κ2) is 8.36. The Labute approximate surface area is 190 Å². The summed E-state index contributed by atoms with van der Waals surface area (Å²) in [6.07, 6.45) is 0. The van der Waals surface area contributed by atoms with Crippen molar-refractivity contribution in [2.75, 3.05) is 0 Å². The van der Waals surface area contributed by atoms with Gasteiger partial charge in [-0.25, -0.2) is 0 Å². The normalized spacial score (nSPS) is 14.9. The predicted octanol–water partition coefficient (Wildman–Crippen LogP) is 7.95. The Morgan fingerprint density at radius 3 is 1.31 bits per heavy atom. The van der Waals surface area contributed by atoms with Crippen molar-refractivity contribution < 1.29 is 0 Å². The molecule has 1 aromatic rings. The number of rotatable bonds is 3. The fourth-order valence-corrected chi connectivity index (χ4v) is 9.28. The summed E-state index contributed by atoms with van der Waals surface area (Å²) >= 11 is -0.269. The summed E-state index contributed by atoms with van der Waals surface area (Å²) in [6.45, 7) is 35.3. The standard InChI is InChI=1S/C25H47AsN2Si/c1-22(2,3)18-16-19(23(4,5)6)21(20(17-18)24(7,8)9)27-26-28(25(10,11)12)29(13,14)15/h16-17H,1-15H3. The second-order valence-corrected chi connectivity index (χ2v) is 20.8. The SMILES string of the molecule is CC(C)(C)c1cc(C(C)(C)C)c(N=[As]N(C(C)(C)C)[Si](C)(C)C)c(C(C)(C)C)c1. The third-order valence-corrected chi connectivity index (χ3v) is 13.5. The summed E-state index contributed by atoms with van der Waals surface area (Å²) in [4.78, 5) is 0. The minimum absolute atomic E-state index is 0.0624. The van der Waals surface area contributed by atoms with E-state index in [4.69, 9.17) is 3.86 Å². The van der Waals surface area contributed by atoms with Gasteiger partial charge in [-0.1, -0.05) is 0 Å². The molecule has 4 heteroatoms. The molecular formula is C25H47AsN2Si. The van der Waals surface area contributed by atoms with Crippen LogP contribution in [0.25, 0.3) is 0 Å². The monoisotopic (exact) mass is 478 g/mol. The fraction of sp³-hybridized carbons (Fsp3) is 0.760. The van der Waals surface area contributed by atoms with Crippen LogP contribution in [0.1, 0.15) is 99.8 Å². The third kappa shape index (κ3) is 7.15. The van der Waals surface area contributed by atoms with Crippen LogP contribution in [0.2, 0.25) is 19.6 Å². The molecule has 0 aromatic heterocycles. The molecule has 0 saturated carbocycles. The molecule has 0 aliphatic rings. The molecule has 0 N–H and O–H groups in total. The van der Waals surface area contributed by atoms with Gasteiger partial charge < -0.3 is 0 Å². The van der Waals surface area contributed by atoms with Crippen molar-refractivity contribution in [1.82, 2.24) is 3.48 Å². The Morgan fingerprint density at radius 1 is 0.690 bits per heavy atom. The van der Waals surface area contributed by atoms with Crippen LogP contribution in [0, 0.1) is 0 Å². The molecule has 0 saturated heterocycles. The third-order valence-electron chi connectivity index (χ3n) is 5.10. The molecule has 1 aromatic carbocycles. The Balaban J connectivity index is 3.88. The zero-order valence-corrected chi connectivity index (χ0v) is 24.9. The second-order valence-electron chi connectivity index (χ2n) is 13.5. The van der Waals surface area contributed by atoms with Crippen molar-refractivity contribution in [3.63, 3.8) is 0 Å². The number of nitrogens with zero attached hydrogens (tertiary/aromatic N) is 2. The van der Waals surface area contributed by atoms with Gasteiger partial charge >= 0.3 is 190 Å². The maximum atomic E-state index is 5.45. The van der Waals surface area contributed by atoms with Crippen molar-refractivity contribution in [2.24, 2.45) is 3.86 Å². The van der Waals surface area contributed by atoms with Gasteiger partial charge in [0.15, 0.2) is 0 Å². The van der Waals surface area contributed by atoms with Crippen molar-refractivity contribution in [1.29, 1.82) is 0 Å². The summed E-state index contributed by atoms with van der Waals surface area (Å²) < 4.78 is 8.18. The van der Waals surface area contributed by atoms with Crippen LogP contribution in [-0.4, -0.2) is 33.0 Å². The van der Waals surface area contributed by atoms with Gasteiger partial charge in [0, 0.05) is 0 Å². The van der Waals surface area contributed by atoms with Crippen LogP contribution in [-0.2, 0) is 16.2 Å². The van der Waals surface area contributed by atoms with Crippen LogP contribution in [0.3, 0.4) is 0 Å². The first-order valence-electron chi connectivity index (χ1n) is 11.0. The van der Waals surface area contributed by atoms with Crippen molar-refractivity contribution >= 4 is 29.7 Å². The quantitative estimate of drug-likeness (QED) is 0.403. The van der Waals surface area contributed by atoms with Crippen LogP contribution in [0.5, 0.6) is 0 Å². The Kier molecular flexibility index (Phi) is 7.72. The molecular weight excluding hydrogens is 431 g/mol. The van der Waals surface area contributed by atoms with Crippen LogP contribution in [0.15, 0.2) is 16.0 Å². The van der Waals surface area contributed by atoms with Gasteiger partial charge in [0.2, 0.25) is 0 Å². The zero-order valence-electron chi connectivity index (χ0n) is 22.0. The summed E-state index contributed by atoms with van der Waals surface area (Å²) in [5, 5.41) is 0. The van der Waals surface area contributed by atoms with Crippen LogP contribution < -0.4 is 0 Å². The summed E-state index contributed by atoms with van der Waals surface area (Å²) in [5.41, 5.74) is 5.88. The molecule has 0 aliphatic carbocycles. The average Bonchev–Trinajstić information content (AvgIpc) is 2.40. The fourth-order valence-electron chi connectivity index (χ4n) is 3.68. The molecule has 0 unspecified atom stereocenters. The Bertz CT molecular complexity index is 696. The van der Waals surface area contributed by atoms with Crippen LogP contribution in [0.4, 0.5) is 5.69 Å². The van der Waals surface area contributed by atoms with E-state index in [0.29, 0.717) is 0 Å². The van der Waals surface area contributed by atoms with Crippen molar-refractivity contribution in [3.05, 3.63) is 28.8 Å². The molecule has 2 nitrogen and oxygen atoms in total. The van der Waals surface area contributed by atoms with E-state index in [2.05, 4.69) is 118 Å². The first-order valence-corrected chi connectivity index (χ1v) is 16.1. The molecule has 0 amide bonds. The summed E-state index contributed by atoms with van der Waals surface area (Å²) in [5.74, 6) is 0. The average molecular weight is 479 g/mol. The molecule has 29 heavy (non-hydrogen) atoms. The summed E-state index contributed by atoms with van der Waals surface area (Å²) in [7, 11) is -1.46. The summed E-state index contributed by atoms with van der Waals surface area (Å²) in [6, 6.07) is 4.87. The van der Waals surface area contributed by atoms with E-state index in [0.717, 1.165) is 0 Å². The topological polar surface area (TPSA) is 15.6 Å². The predicted molar refractivity (Wildman–Crippen MR) is 135 cm³/mol. The van der Waals surface area contributed by atoms with Gasteiger partial charge in [0.25, 0.3) is 0 Å². The molecule has 0 fully saturated rings. The minimum atomic E-state index is -1.46. The maximum absolute atomic E-state index is 5.45. The molecule has 0 spiro atoms. The van der Waals surface area contributed by atoms with Gasteiger partial charge in [-0.2, -0.15) is 0 Å². The van der Waals surface area contributed by atoms with E-state index in [9.17, 15) is 0 Å². The molecule has 0 aliphatic heterocycles. The van der Waals surface area contributed by atoms with Crippen LogP contribution >= 0.6 is 0 Å². The van der Waals surface area contributed by atoms with Crippen molar-refractivity contribution in [3.8, 4) is 0 Å². The Hall–Kier alpha value is -0.245. The van der Waals surface area contributed by atoms with Gasteiger partial charge in [0.05, 0.1) is 0 Å². The number of benzene rings is 1. The first kappa shape index (κ1) is 26.8. The van der Waals surface area contributed by atoms with E-state index in [-0.39, 0.29) is 37.6 Å². The Morgan fingerprint density at radius 2 is 1.07 bits per heavy atom. The van der Waals surface area contributed by atoms with Gasteiger partial charge in [-0.3, -0.25) is 0 Å².